The van der Waals surface area contributed by atoms with Crippen LogP contribution in [0.25, 0.3) is 11.1 Å². The number of aryl methyl sites for hydroxylation is 1. The van der Waals surface area contributed by atoms with E-state index in [9.17, 15) is 5.26 Å². The first-order chi connectivity index (χ1) is 15.7. The lowest BCUT2D eigenvalue weighted by Gasteiger charge is -2.35. The highest BCUT2D eigenvalue weighted by Gasteiger charge is 2.36. The summed E-state index contributed by atoms with van der Waals surface area (Å²) in [4.78, 5) is 0. The number of rotatable bonds is 12. The van der Waals surface area contributed by atoms with Gasteiger partial charge in [0.25, 0.3) is 0 Å². The quantitative estimate of drug-likeness (QED) is 0.308. The third kappa shape index (κ3) is 6.71. The first kappa shape index (κ1) is 24.6. The molecule has 0 radical (unpaired) electrons. The fraction of sp³-hybridized carbons (Fsp3) is 0.581. The summed E-state index contributed by atoms with van der Waals surface area (Å²) in [6, 6.07) is 20.7. The standard InChI is InChI=1S/C31H43N/c1-3-5-7-8-10-12-26-13-15-28(16-14-26)29-17-19-30(20-18-29)31(25-32)23-21-27(22-24-31)11-9-6-4-2/h13-20,27H,3-12,21-24H2,1-2H3. The Labute approximate surface area is 197 Å². The lowest BCUT2D eigenvalue weighted by atomic mass is 9.66. The van der Waals surface area contributed by atoms with E-state index < -0.39 is 0 Å². The Kier molecular flexibility index (Phi) is 9.86. The molecule has 0 bridgehead atoms. The Morgan fingerprint density at radius 2 is 1.31 bits per heavy atom. The lowest BCUT2D eigenvalue weighted by Crippen LogP contribution is -2.30. The second-order valence-corrected chi connectivity index (χ2v) is 10.1. The van der Waals surface area contributed by atoms with Gasteiger partial charge in [0.15, 0.2) is 0 Å². The topological polar surface area (TPSA) is 23.8 Å². The van der Waals surface area contributed by atoms with Crippen molar-refractivity contribution in [1.82, 2.24) is 0 Å². The third-order valence-electron chi connectivity index (χ3n) is 7.68. The molecule has 172 valence electrons. The molecule has 2 aromatic rings. The maximum absolute atomic E-state index is 10.1. The fourth-order valence-electron chi connectivity index (χ4n) is 5.39. The Morgan fingerprint density at radius 3 is 1.91 bits per heavy atom. The van der Waals surface area contributed by atoms with E-state index in [0.29, 0.717) is 0 Å². The Hall–Kier alpha value is -2.07. The molecule has 0 atom stereocenters. The summed E-state index contributed by atoms with van der Waals surface area (Å²) in [5.74, 6) is 0.826. The maximum atomic E-state index is 10.1. The average molecular weight is 430 g/mol. The molecule has 0 aliphatic heterocycles. The number of benzene rings is 2. The zero-order valence-corrected chi connectivity index (χ0v) is 20.5. The van der Waals surface area contributed by atoms with Crippen molar-refractivity contribution in [3.05, 3.63) is 59.7 Å². The molecular weight excluding hydrogens is 386 g/mol. The SMILES string of the molecule is CCCCCCCc1ccc(-c2ccc(C3(C#N)CCC(CCCCC)CC3)cc2)cc1. The molecule has 0 aromatic heterocycles. The Balaban J connectivity index is 1.56. The van der Waals surface area contributed by atoms with Crippen molar-refractivity contribution >= 4 is 0 Å². The molecule has 1 fully saturated rings. The number of nitriles is 1. The molecule has 3 rings (SSSR count). The van der Waals surface area contributed by atoms with Gasteiger partial charge in [-0.3, -0.25) is 0 Å². The molecule has 1 heteroatoms. The molecule has 0 N–H and O–H groups in total. The summed E-state index contributed by atoms with van der Waals surface area (Å²) in [6.07, 6.45) is 17.7. The fourth-order valence-corrected chi connectivity index (χ4v) is 5.39. The van der Waals surface area contributed by atoms with Crippen LogP contribution in [-0.4, -0.2) is 0 Å². The highest BCUT2D eigenvalue weighted by atomic mass is 14.4. The monoisotopic (exact) mass is 429 g/mol. The van der Waals surface area contributed by atoms with Gasteiger partial charge in [0, 0.05) is 0 Å². The van der Waals surface area contributed by atoms with Crippen LogP contribution in [0.15, 0.2) is 48.5 Å². The molecular formula is C31H43N. The van der Waals surface area contributed by atoms with Crippen LogP contribution < -0.4 is 0 Å². The highest BCUT2D eigenvalue weighted by Crippen LogP contribution is 2.43. The zero-order valence-electron chi connectivity index (χ0n) is 20.5. The second-order valence-electron chi connectivity index (χ2n) is 10.1. The van der Waals surface area contributed by atoms with Crippen molar-refractivity contribution in [2.45, 2.75) is 109 Å². The molecule has 1 aliphatic rings. The van der Waals surface area contributed by atoms with Crippen molar-refractivity contribution in [3.63, 3.8) is 0 Å². The molecule has 0 spiro atoms. The number of hydrogen-bond acceptors (Lipinski definition) is 1. The first-order valence-corrected chi connectivity index (χ1v) is 13.3. The van der Waals surface area contributed by atoms with Crippen LogP contribution in [-0.2, 0) is 11.8 Å². The van der Waals surface area contributed by atoms with E-state index in [2.05, 4.69) is 68.4 Å². The van der Waals surface area contributed by atoms with Gasteiger partial charge >= 0.3 is 0 Å². The summed E-state index contributed by atoms with van der Waals surface area (Å²) < 4.78 is 0. The van der Waals surface area contributed by atoms with E-state index in [1.54, 1.807) is 0 Å². The van der Waals surface area contributed by atoms with Gasteiger partial charge in [-0.1, -0.05) is 114 Å². The number of hydrogen-bond donors (Lipinski definition) is 0. The predicted molar refractivity (Wildman–Crippen MR) is 138 cm³/mol. The van der Waals surface area contributed by atoms with Crippen molar-refractivity contribution in [2.75, 3.05) is 0 Å². The molecule has 1 aliphatic carbocycles. The molecule has 0 heterocycles. The minimum Gasteiger partial charge on any atom is -0.197 e. The lowest BCUT2D eigenvalue weighted by molar-refractivity contribution is 0.262. The van der Waals surface area contributed by atoms with Crippen LogP contribution in [0.1, 0.15) is 108 Å². The highest BCUT2D eigenvalue weighted by molar-refractivity contribution is 5.64. The molecule has 32 heavy (non-hydrogen) atoms. The first-order valence-electron chi connectivity index (χ1n) is 13.3. The summed E-state index contributed by atoms with van der Waals surface area (Å²) in [7, 11) is 0. The molecule has 0 saturated heterocycles. The van der Waals surface area contributed by atoms with Crippen molar-refractivity contribution in [3.8, 4) is 17.2 Å². The van der Waals surface area contributed by atoms with E-state index in [1.807, 2.05) is 0 Å². The number of nitrogens with zero attached hydrogens (tertiary/aromatic N) is 1. The van der Waals surface area contributed by atoms with E-state index in [0.717, 1.165) is 18.8 Å². The smallest absolute Gasteiger partial charge is 0.0822 e. The van der Waals surface area contributed by atoms with Crippen LogP contribution >= 0.6 is 0 Å². The van der Waals surface area contributed by atoms with E-state index in [4.69, 9.17) is 0 Å². The van der Waals surface area contributed by atoms with Gasteiger partial charge in [-0.15, -0.1) is 0 Å². The van der Waals surface area contributed by atoms with Gasteiger partial charge in [-0.2, -0.15) is 5.26 Å². The number of unbranched alkanes of at least 4 members (excludes halogenated alkanes) is 6. The average Bonchev–Trinajstić information content (AvgIpc) is 2.85. The van der Waals surface area contributed by atoms with Gasteiger partial charge in [0.05, 0.1) is 11.5 Å². The molecule has 0 unspecified atom stereocenters. The van der Waals surface area contributed by atoms with Gasteiger partial charge in [-0.05, 0) is 66.7 Å². The minimum atomic E-state index is -0.276. The molecule has 0 amide bonds. The summed E-state index contributed by atoms with van der Waals surface area (Å²) >= 11 is 0. The minimum absolute atomic E-state index is 0.276. The van der Waals surface area contributed by atoms with Crippen LogP contribution in [0, 0.1) is 17.2 Å². The zero-order chi connectivity index (χ0) is 22.7. The summed E-state index contributed by atoms with van der Waals surface area (Å²) in [5.41, 5.74) is 4.92. The van der Waals surface area contributed by atoms with Crippen molar-refractivity contribution in [2.24, 2.45) is 5.92 Å². The van der Waals surface area contributed by atoms with Crippen LogP contribution in [0.3, 0.4) is 0 Å². The second kappa shape index (κ2) is 12.8. The molecule has 1 nitrogen and oxygen atoms in total. The molecule has 1 saturated carbocycles. The largest absolute Gasteiger partial charge is 0.197 e. The molecule has 2 aromatic carbocycles. The summed E-state index contributed by atoms with van der Waals surface area (Å²) in [6.45, 7) is 4.54. The van der Waals surface area contributed by atoms with Crippen molar-refractivity contribution in [1.29, 1.82) is 5.26 Å². The van der Waals surface area contributed by atoms with E-state index in [-0.39, 0.29) is 5.41 Å². The van der Waals surface area contributed by atoms with E-state index in [1.165, 1.54) is 99.3 Å². The van der Waals surface area contributed by atoms with Crippen LogP contribution in [0.2, 0.25) is 0 Å². The van der Waals surface area contributed by atoms with Gasteiger partial charge in [-0.25, -0.2) is 0 Å². The van der Waals surface area contributed by atoms with Crippen LogP contribution in [0.5, 0.6) is 0 Å². The summed E-state index contributed by atoms with van der Waals surface area (Å²) in [5, 5.41) is 10.1. The van der Waals surface area contributed by atoms with Gasteiger partial charge in [0.1, 0.15) is 0 Å². The van der Waals surface area contributed by atoms with Crippen molar-refractivity contribution < 1.29 is 0 Å². The maximum Gasteiger partial charge on any atom is 0.0822 e. The van der Waals surface area contributed by atoms with Gasteiger partial charge < -0.3 is 0 Å². The van der Waals surface area contributed by atoms with Crippen LogP contribution in [0.4, 0.5) is 0 Å². The third-order valence-corrected chi connectivity index (χ3v) is 7.68. The normalized spacial score (nSPS) is 20.7. The predicted octanol–water partition coefficient (Wildman–Crippen LogP) is 9.40. The Morgan fingerprint density at radius 1 is 0.750 bits per heavy atom. The van der Waals surface area contributed by atoms with E-state index >= 15 is 0 Å². The van der Waals surface area contributed by atoms with Gasteiger partial charge in [0.2, 0.25) is 0 Å². The Bertz CT molecular complexity index is 816.